The van der Waals surface area contributed by atoms with E-state index in [4.69, 9.17) is 0 Å². The molecule has 33 heavy (non-hydrogen) atoms. The summed E-state index contributed by atoms with van der Waals surface area (Å²) in [6.45, 7) is 1.19. The van der Waals surface area contributed by atoms with Crippen LogP contribution < -0.4 is 10.6 Å². The molecule has 0 saturated carbocycles. The van der Waals surface area contributed by atoms with E-state index in [2.05, 4.69) is 15.6 Å². The monoisotopic (exact) mass is 438 g/mol. The highest BCUT2D eigenvalue weighted by Gasteiger charge is 2.19. The summed E-state index contributed by atoms with van der Waals surface area (Å²) in [7, 11) is 0. The Morgan fingerprint density at radius 1 is 0.848 bits per heavy atom. The normalized spacial score (nSPS) is 11.5. The van der Waals surface area contributed by atoms with Gasteiger partial charge in [0.2, 0.25) is 5.91 Å². The van der Waals surface area contributed by atoms with E-state index < -0.39 is 6.04 Å². The van der Waals surface area contributed by atoms with Crippen molar-refractivity contribution < 1.29 is 9.59 Å². The Balaban J connectivity index is 1.35. The zero-order chi connectivity index (χ0) is 22.9. The molecule has 1 atom stereocenters. The van der Waals surface area contributed by atoms with Crippen LogP contribution in [0.2, 0.25) is 0 Å². The molecule has 4 aromatic rings. The number of aromatic nitrogens is 2. The minimum atomic E-state index is -0.420. The summed E-state index contributed by atoms with van der Waals surface area (Å²) in [5, 5.41) is 5.97. The summed E-state index contributed by atoms with van der Waals surface area (Å²) in [4.78, 5) is 29.5. The van der Waals surface area contributed by atoms with Gasteiger partial charge in [0, 0.05) is 31.0 Å². The molecule has 1 heterocycles. The van der Waals surface area contributed by atoms with Crippen molar-refractivity contribution in [1.82, 2.24) is 20.2 Å². The van der Waals surface area contributed by atoms with Gasteiger partial charge in [0.15, 0.2) is 0 Å². The molecule has 6 nitrogen and oxygen atoms in total. The Morgan fingerprint density at radius 3 is 2.18 bits per heavy atom. The van der Waals surface area contributed by atoms with Crippen LogP contribution in [0.1, 0.15) is 39.5 Å². The number of nitrogens with one attached hydrogen (secondary N) is 2. The molecule has 0 spiro atoms. The van der Waals surface area contributed by atoms with E-state index in [0.29, 0.717) is 12.1 Å². The molecule has 0 radical (unpaired) electrons. The van der Waals surface area contributed by atoms with Crippen LogP contribution in [-0.2, 0) is 17.9 Å². The topological polar surface area (TPSA) is 76.0 Å². The second kappa shape index (κ2) is 10.9. The van der Waals surface area contributed by atoms with Crippen LogP contribution in [0, 0.1) is 0 Å². The average molecular weight is 439 g/mol. The van der Waals surface area contributed by atoms with Gasteiger partial charge in [-0.05, 0) is 28.8 Å². The Bertz CT molecular complexity index is 1160. The lowest BCUT2D eigenvalue weighted by Crippen LogP contribution is -2.33. The van der Waals surface area contributed by atoms with Gasteiger partial charge in [-0.1, -0.05) is 72.8 Å². The molecule has 4 rings (SSSR count). The van der Waals surface area contributed by atoms with E-state index in [9.17, 15) is 9.59 Å². The van der Waals surface area contributed by atoms with Gasteiger partial charge in [0.25, 0.3) is 5.91 Å². The minimum Gasteiger partial charge on any atom is -0.352 e. The number of benzene rings is 3. The zero-order valence-electron chi connectivity index (χ0n) is 18.2. The molecule has 166 valence electrons. The molecule has 1 aromatic heterocycles. The fourth-order valence-electron chi connectivity index (χ4n) is 3.58. The molecule has 0 aliphatic rings. The lowest BCUT2D eigenvalue weighted by molar-refractivity contribution is -0.121. The van der Waals surface area contributed by atoms with Crippen molar-refractivity contribution in [3.05, 3.63) is 126 Å². The number of nitrogens with zero attached hydrogens (tertiary/aromatic N) is 2. The van der Waals surface area contributed by atoms with E-state index >= 15 is 0 Å². The molecule has 0 aliphatic heterocycles. The van der Waals surface area contributed by atoms with Crippen LogP contribution in [0.4, 0.5) is 0 Å². The largest absolute Gasteiger partial charge is 0.352 e. The van der Waals surface area contributed by atoms with Gasteiger partial charge in [-0.3, -0.25) is 9.59 Å². The number of amides is 2. The molecule has 2 N–H and O–H groups in total. The van der Waals surface area contributed by atoms with Crippen LogP contribution >= 0.6 is 0 Å². The van der Waals surface area contributed by atoms with E-state index in [-0.39, 0.29) is 18.2 Å². The Labute approximate surface area is 193 Å². The maximum absolute atomic E-state index is 12.7. The third kappa shape index (κ3) is 6.40. The maximum Gasteiger partial charge on any atom is 0.251 e. The molecular weight excluding hydrogens is 412 g/mol. The van der Waals surface area contributed by atoms with Crippen molar-refractivity contribution in [3.8, 4) is 0 Å². The number of rotatable bonds is 9. The van der Waals surface area contributed by atoms with Gasteiger partial charge in [0.1, 0.15) is 0 Å². The van der Waals surface area contributed by atoms with Crippen molar-refractivity contribution >= 4 is 11.8 Å². The standard InChI is InChI=1S/C27H26N4O2/c32-26(29-18-21-11-13-22(14-12-21)19-31-16-15-28-20-31)17-25(23-7-3-1-4-8-23)30-27(33)24-9-5-2-6-10-24/h1-16,20,25H,17-19H2,(H,29,32)(H,30,33). The number of hydrogen-bond acceptors (Lipinski definition) is 3. The Hall–Kier alpha value is -4.19. The molecule has 0 fully saturated rings. The molecule has 6 heteroatoms. The van der Waals surface area contributed by atoms with Gasteiger partial charge < -0.3 is 15.2 Å². The van der Waals surface area contributed by atoms with Gasteiger partial charge in [-0.15, -0.1) is 0 Å². The number of imidazole rings is 1. The Kier molecular flexibility index (Phi) is 7.28. The summed E-state index contributed by atoms with van der Waals surface area (Å²) < 4.78 is 2.00. The van der Waals surface area contributed by atoms with Crippen LogP contribution in [-0.4, -0.2) is 21.4 Å². The summed E-state index contributed by atoms with van der Waals surface area (Å²) in [6.07, 6.45) is 5.62. The van der Waals surface area contributed by atoms with Crippen molar-refractivity contribution in [3.63, 3.8) is 0 Å². The molecule has 2 amide bonds. The summed E-state index contributed by atoms with van der Waals surface area (Å²) in [5.41, 5.74) is 3.63. The van der Waals surface area contributed by atoms with E-state index in [1.54, 1.807) is 24.7 Å². The van der Waals surface area contributed by atoms with Gasteiger partial charge in [0.05, 0.1) is 18.8 Å². The summed E-state index contributed by atoms with van der Waals surface area (Å²) >= 11 is 0. The van der Waals surface area contributed by atoms with Crippen molar-refractivity contribution in [2.75, 3.05) is 0 Å². The summed E-state index contributed by atoms with van der Waals surface area (Å²) in [5.74, 6) is -0.328. The fourth-order valence-corrected chi connectivity index (χ4v) is 3.58. The molecule has 1 unspecified atom stereocenters. The second-order valence-electron chi connectivity index (χ2n) is 7.84. The molecule has 3 aromatic carbocycles. The first-order valence-electron chi connectivity index (χ1n) is 10.9. The van der Waals surface area contributed by atoms with Crippen molar-refractivity contribution in [2.24, 2.45) is 0 Å². The Morgan fingerprint density at radius 2 is 1.52 bits per heavy atom. The fraction of sp³-hybridized carbons (Fsp3) is 0.148. The van der Waals surface area contributed by atoms with Gasteiger partial charge in [-0.2, -0.15) is 0 Å². The van der Waals surface area contributed by atoms with E-state index in [1.807, 2.05) is 83.6 Å². The molecule has 0 bridgehead atoms. The average Bonchev–Trinajstić information content (AvgIpc) is 3.37. The minimum absolute atomic E-state index is 0.125. The quantitative estimate of drug-likeness (QED) is 0.413. The number of carbonyl (C=O) groups is 2. The van der Waals surface area contributed by atoms with Crippen molar-refractivity contribution in [2.45, 2.75) is 25.6 Å². The van der Waals surface area contributed by atoms with Crippen LogP contribution in [0.3, 0.4) is 0 Å². The molecular formula is C27H26N4O2. The lowest BCUT2D eigenvalue weighted by Gasteiger charge is -2.19. The van der Waals surface area contributed by atoms with Crippen LogP contribution in [0.5, 0.6) is 0 Å². The molecule has 0 saturated heterocycles. The summed E-state index contributed by atoms with van der Waals surface area (Å²) in [6, 6.07) is 26.3. The third-order valence-corrected chi connectivity index (χ3v) is 5.37. The maximum atomic E-state index is 12.7. The van der Waals surface area contributed by atoms with Crippen LogP contribution in [0.25, 0.3) is 0 Å². The third-order valence-electron chi connectivity index (χ3n) is 5.37. The smallest absolute Gasteiger partial charge is 0.251 e. The number of hydrogen-bond donors (Lipinski definition) is 2. The first-order chi connectivity index (χ1) is 16.2. The second-order valence-corrected chi connectivity index (χ2v) is 7.84. The van der Waals surface area contributed by atoms with Crippen LogP contribution in [0.15, 0.2) is 104 Å². The van der Waals surface area contributed by atoms with Gasteiger partial charge in [-0.25, -0.2) is 4.98 Å². The predicted molar refractivity (Wildman–Crippen MR) is 127 cm³/mol. The highest BCUT2D eigenvalue weighted by Crippen LogP contribution is 2.18. The van der Waals surface area contributed by atoms with Crippen molar-refractivity contribution in [1.29, 1.82) is 0 Å². The molecule has 0 aliphatic carbocycles. The highest BCUT2D eigenvalue weighted by atomic mass is 16.2. The predicted octanol–water partition coefficient (Wildman–Crippen LogP) is 4.11. The zero-order valence-corrected chi connectivity index (χ0v) is 18.2. The SMILES string of the molecule is O=C(CC(NC(=O)c1ccccc1)c1ccccc1)NCc1ccc(Cn2ccnc2)cc1. The van der Waals surface area contributed by atoms with E-state index in [0.717, 1.165) is 23.2 Å². The lowest BCUT2D eigenvalue weighted by atomic mass is 10.0. The van der Waals surface area contributed by atoms with Gasteiger partial charge >= 0.3 is 0 Å². The number of carbonyl (C=O) groups excluding carboxylic acids is 2. The first kappa shape index (κ1) is 22.0. The highest BCUT2D eigenvalue weighted by molar-refractivity contribution is 5.94. The first-order valence-corrected chi connectivity index (χ1v) is 10.9. The van der Waals surface area contributed by atoms with E-state index in [1.165, 1.54) is 0 Å².